The summed E-state index contributed by atoms with van der Waals surface area (Å²) >= 11 is 0. The second-order valence-corrected chi connectivity index (χ2v) is 8.98. The van der Waals surface area contributed by atoms with Crippen molar-refractivity contribution >= 4 is 16.8 Å². The van der Waals surface area contributed by atoms with Crippen LogP contribution in [-0.4, -0.2) is 58.4 Å². The lowest BCUT2D eigenvalue weighted by atomic mass is 9.99. The Morgan fingerprint density at radius 1 is 1.06 bits per heavy atom. The molecule has 33 heavy (non-hydrogen) atoms. The first-order chi connectivity index (χ1) is 16.0. The first-order valence-corrected chi connectivity index (χ1v) is 11.6. The Morgan fingerprint density at radius 2 is 1.76 bits per heavy atom. The monoisotopic (exact) mass is 453 g/mol. The summed E-state index contributed by atoms with van der Waals surface area (Å²) in [6, 6.07) is 14.9. The Hall–Kier alpha value is -2.74. The van der Waals surface area contributed by atoms with Gasteiger partial charge in [-0.15, -0.1) is 0 Å². The van der Waals surface area contributed by atoms with Gasteiger partial charge < -0.3 is 25.4 Å². The number of piperidine rings is 1. The second-order valence-electron chi connectivity index (χ2n) is 8.98. The van der Waals surface area contributed by atoms with Crippen molar-refractivity contribution in [1.29, 1.82) is 0 Å². The van der Waals surface area contributed by atoms with E-state index in [1.54, 1.807) is 0 Å². The number of nitrogens with two attached hydrogens (primary N) is 1. The first-order valence-electron chi connectivity index (χ1n) is 11.6. The number of hydrogen-bond acceptors (Lipinski definition) is 4. The minimum absolute atomic E-state index is 0.122. The zero-order valence-corrected chi connectivity index (χ0v) is 18.8. The number of benzene rings is 2. The van der Waals surface area contributed by atoms with Crippen molar-refractivity contribution in [1.82, 2.24) is 9.47 Å². The fourth-order valence-electron chi connectivity index (χ4n) is 4.90. The summed E-state index contributed by atoms with van der Waals surface area (Å²) in [5.74, 6) is -0.900. The van der Waals surface area contributed by atoms with Crippen LogP contribution in [0.15, 0.2) is 48.5 Å². The normalized spacial score (nSPS) is 15.5. The summed E-state index contributed by atoms with van der Waals surface area (Å²) in [4.78, 5) is 14.2. The van der Waals surface area contributed by atoms with Crippen molar-refractivity contribution < 1.29 is 19.4 Å². The van der Waals surface area contributed by atoms with E-state index in [1.807, 2.05) is 36.4 Å². The number of carbonyl (C=O) groups is 1. The Bertz CT molecular complexity index is 1080. The topological polar surface area (TPSA) is 91.7 Å². The van der Waals surface area contributed by atoms with Crippen molar-refractivity contribution in [3.8, 4) is 0 Å². The number of hydrogen-bond donors (Lipinski definition) is 3. The number of aliphatic hydroxyl groups is 2. The standard InChI is InChI=1S/C26H32FN3O3/c27-22-5-1-18(2-6-22)7-10-29-11-8-23(9-12-29)30-24(15-26(28)33)13-20-4-3-19(14-25(20)30)21(16-31)17-32/h1-6,13-14,21,23,31-32H,7-12,15-17H2,(H2,28,33). The van der Waals surface area contributed by atoms with Crippen LogP contribution in [0.2, 0.25) is 0 Å². The van der Waals surface area contributed by atoms with Gasteiger partial charge in [-0.3, -0.25) is 4.79 Å². The SMILES string of the molecule is NC(=O)Cc1cc2ccc(C(CO)CO)cc2n1C1CCN(CCc2ccc(F)cc2)CC1. The lowest BCUT2D eigenvalue weighted by Gasteiger charge is -2.34. The zero-order chi connectivity index (χ0) is 23.4. The van der Waals surface area contributed by atoms with E-state index < -0.39 is 0 Å². The molecule has 4 N–H and O–H groups in total. The maximum absolute atomic E-state index is 13.1. The second kappa shape index (κ2) is 10.5. The van der Waals surface area contributed by atoms with Crippen molar-refractivity contribution in [2.75, 3.05) is 32.8 Å². The fourth-order valence-corrected chi connectivity index (χ4v) is 4.90. The molecule has 0 aliphatic carbocycles. The molecule has 3 aromatic rings. The highest BCUT2D eigenvalue weighted by Crippen LogP contribution is 2.32. The van der Waals surface area contributed by atoms with E-state index in [0.717, 1.165) is 66.6 Å². The summed E-state index contributed by atoms with van der Waals surface area (Å²) in [5, 5.41) is 20.3. The lowest BCUT2D eigenvalue weighted by Crippen LogP contribution is -2.36. The van der Waals surface area contributed by atoms with Crippen LogP contribution in [-0.2, 0) is 17.6 Å². The summed E-state index contributed by atoms with van der Waals surface area (Å²) in [5.41, 5.74) is 9.48. The van der Waals surface area contributed by atoms with Crippen molar-refractivity contribution in [3.63, 3.8) is 0 Å². The van der Waals surface area contributed by atoms with Gasteiger partial charge in [-0.2, -0.15) is 0 Å². The van der Waals surface area contributed by atoms with Gasteiger partial charge in [0.2, 0.25) is 5.91 Å². The van der Waals surface area contributed by atoms with Crippen LogP contribution in [0.3, 0.4) is 0 Å². The quantitative estimate of drug-likeness (QED) is 0.465. The molecular weight excluding hydrogens is 421 g/mol. The predicted molar refractivity (Wildman–Crippen MR) is 127 cm³/mol. The van der Waals surface area contributed by atoms with E-state index in [0.29, 0.717) is 0 Å². The van der Waals surface area contributed by atoms with Crippen molar-refractivity contribution in [2.45, 2.75) is 37.6 Å². The number of amides is 1. The van der Waals surface area contributed by atoms with E-state index in [9.17, 15) is 19.4 Å². The molecule has 0 spiro atoms. The molecule has 7 heteroatoms. The van der Waals surface area contributed by atoms with Gasteiger partial charge in [-0.1, -0.05) is 24.3 Å². The molecule has 4 rings (SSSR count). The Balaban J connectivity index is 1.52. The van der Waals surface area contributed by atoms with E-state index >= 15 is 0 Å². The van der Waals surface area contributed by atoms with E-state index in [-0.39, 0.29) is 43.3 Å². The van der Waals surface area contributed by atoms with Crippen LogP contribution in [0.1, 0.15) is 41.6 Å². The van der Waals surface area contributed by atoms with Crippen LogP contribution < -0.4 is 5.73 Å². The Kier molecular flexibility index (Phi) is 7.42. The third kappa shape index (κ3) is 5.43. The van der Waals surface area contributed by atoms with Crippen molar-refractivity contribution in [2.24, 2.45) is 5.73 Å². The predicted octanol–water partition coefficient (Wildman–Crippen LogP) is 2.76. The summed E-state index contributed by atoms with van der Waals surface area (Å²) in [6.45, 7) is 2.57. The first kappa shape index (κ1) is 23.4. The number of nitrogens with zero attached hydrogens (tertiary/aromatic N) is 2. The molecule has 0 saturated carbocycles. The molecule has 1 saturated heterocycles. The average Bonchev–Trinajstić information content (AvgIpc) is 3.16. The number of primary amides is 1. The molecule has 1 fully saturated rings. The molecule has 1 aliphatic rings. The van der Waals surface area contributed by atoms with Gasteiger partial charge in [0.15, 0.2) is 0 Å². The number of aliphatic hydroxyl groups excluding tert-OH is 2. The van der Waals surface area contributed by atoms with Gasteiger partial charge in [-0.25, -0.2) is 4.39 Å². The third-order valence-corrected chi connectivity index (χ3v) is 6.77. The van der Waals surface area contributed by atoms with Gasteiger partial charge in [0.05, 0.1) is 19.6 Å². The van der Waals surface area contributed by atoms with Crippen LogP contribution in [0, 0.1) is 5.82 Å². The summed E-state index contributed by atoms with van der Waals surface area (Å²) in [6.07, 6.45) is 2.97. The van der Waals surface area contributed by atoms with E-state index in [1.165, 1.54) is 12.1 Å². The molecule has 6 nitrogen and oxygen atoms in total. The molecular formula is C26H32FN3O3. The summed E-state index contributed by atoms with van der Waals surface area (Å²) < 4.78 is 15.4. The highest BCUT2D eigenvalue weighted by Gasteiger charge is 2.25. The van der Waals surface area contributed by atoms with Crippen LogP contribution in [0.4, 0.5) is 4.39 Å². The average molecular weight is 454 g/mol. The van der Waals surface area contributed by atoms with Crippen LogP contribution in [0.25, 0.3) is 10.9 Å². The highest BCUT2D eigenvalue weighted by atomic mass is 19.1. The number of aromatic nitrogens is 1. The number of likely N-dealkylation sites (tertiary alicyclic amines) is 1. The summed E-state index contributed by atoms with van der Waals surface area (Å²) in [7, 11) is 0. The number of fused-ring (bicyclic) bond motifs is 1. The maximum Gasteiger partial charge on any atom is 0.223 e. The Labute approximate surface area is 193 Å². The van der Waals surface area contributed by atoms with E-state index in [2.05, 4.69) is 9.47 Å². The van der Waals surface area contributed by atoms with Crippen LogP contribution in [0.5, 0.6) is 0 Å². The number of rotatable bonds is 9. The zero-order valence-electron chi connectivity index (χ0n) is 18.8. The molecule has 0 atom stereocenters. The van der Waals surface area contributed by atoms with Gasteiger partial charge in [0.1, 0.15) is 5.82 Å². The molecule has 2 aromatic carbocycles. The number of carbonyl (C=O) groups excluding carboxylic acids is 1. The third-order valence-electron chi connectivity index (χ3n) is 6.77. The lowest BCUT2D eigenvalue weighted by molar-refractivity contribution is -0.117. The maximum atomic E-state index is 13.1. The Morgan fingerprint density at radius 3 is 2.39 bits per heavy atom. The molecule has 2 heterocycles. The number of halogens is 1. The van der Waals surface area contributed by atoms with Gasteiger partial charge >= 0.3 is 0 Å². The fraction of sp³-hybridized carbons (Fsp3) is 0.423. The van der Waals surface area contributed by atoms with Crippen LogP contribution >= 0.6 is 0 Å². The molecule has 0 unspecified atom stereocenters. The van der Waals surface area contributed by atoms with E-state index in [4.69, 9.17) is 5.73 Å². The minimum atomic E-state index is -0.361. The molecule has 0 radical (unpaired) electrons. The molecule has 1 aliphatic heterocycles. The van der Waals surface area contributed by atoms with Gasteiger partial charge in [0, 0.05) is 42.8 Å². The van der Waals surface area contributed by atoms with Gasteiger partial charge in [-0.05, 0) is 60.0 Å². The molecule has 1 aromatic heterocycles. The molecule has 1 amide bonds. The molecule has 0 bridgehead atoms. The highest BCUT2D eigenvalue weighted by molar-refractivity contribution is 5.85. The molecule has 176 valence electrons. The smallest absolute Gasteiger partial charge is 0.223 e. The minimum Gasteiger partial charge on any atom is -0.396 e. The van der Waals surface area contributed by atoms with Crippen molar-refractivity contribution in [3.05, 3.63) is 71.2 Å². The van der Waals surface area contributed by atoms with Gasteiger partial charge in [0.25, 0.3) is 0 Å². The largest absolute Gasteiger partial charge is 0.396 e.